The van der Waals surface area contributed by atoms with Gasteiger partial charge in [0.15, 0.2) is 6.29 Å². The second-order valence-corrected chi connectivity index (χ2v) is 2.92. The molecule has 0 radical (unpaired) electrons. The van der Waals surface area contributed by atoms with Crippen LogP contribution >= 0.6 is 0 Å². The van der Waals surface area contributed by atoms with Crippen molar-refractivity contribution < 1.29 is 22.7 Å². The van der Waals surface area contributed by atoms with E-state index >= 15 is 0 Å². The van der Waals surface area contributed by atoms with Crippen LogP contribution in [-0.4, -0.2) is 13.4 Å². The largest absolute Gasteiger partial charge is 0.416 e. The van der Waals surface area contributed by atoms with Gasteiger partial charge in [0.1, 0.15) is 6.10 Å². The summed E-state index contributed by atoms with van der Waals surface area (Å²) in [6.45, 7) is 0. The van der Waals surface area contributed by atoms with E-state index in [4.69, 9.17) is 4.74 Å². The number of benzene rings is 1. The third-order valence-electron chi connectivity index (χ3n) is 1.92. The highest BCUT2D eigenvalue weighted by Gasteiger charge is 2.30. The summed E-state index contributed by atoms with van der Waals surface area (Å²) in [5.41, 5.74) is -0.591. The first-order valence-corrected chi connectivity index (χ1v) is 4.14. The van der Waals surface area contributed by atoms with Crippen LogP contribution < -0.4 is 0 Å². The number of hydrogen-bond donors (Lipinski definition) is 0. The van der Waals surface area contributed by atoms with E-state index in [1.807, 2.05) is 0 Å². The summed E-state index contributed by atoms with van der Waals surface area (Å²) in [6, 6.07) is 4.51. The molecule has 1 aromatic rings. The molecule has 0 N–H and O–H groups in total. The number of aldehydes is 1. The van der Waals surface area contributed by atoms with Crippen molar-refractivity contribution in [2.45, 2.75) is 12.3 Å². The Kier molecular flexibility index (Phi) is 3.47. The van der Waals surface area contributed by atoms with Gasteiger partial charge in [-0.1, -0.05) is 12.1 Å². The monoisotopic (exact) mass is 218 g/mol. The molecule has 0 saturated carbocycles. The number of carbonyl (C=O) groups is 1. The lowest BCUT2D eigenvalue weighted by atomic mass is 10.1. The minimum absolute atomic E-state index is 0.197. The molecule has 1 atom stereocenters. The second kappa shape index (κ2) is 4.44. The van der Waals surface area contributed by atoms with Crippen LogP contribution in [-0.2, 0) is 15.7 Å². The summed E-state index contributed by atoms with van der Waals surface area (Å²) >= 11 is 0. The number of hydrogen-bond acceptors (Lipinski definition) is 2. The van der Waals surface area contributed by atoms with E-state index in [9.17, 15) is 18.0 Å². The first-order chi connectivity index (χ1) is 6.99. The average Bonchev–Trinajstić information content (AvgIpc) is 2.19. The van der Waals surface area contributed by atoms with E-state index in [0.717, 1.165) is 12.1 Å². The molecule has 1 aromatic carbocycles. The van der Waals surface area contributed by atoms with Crippen LogP contribution in [0.4, 0.5) is 13.2 Å². The molecule has 15 heavy (non-hydrogen) atoms. The van der Waals surface area contributed by atoms with Gasteiger partial charge in [-0.15, -0.1) is 0 Å². The molecular formula is C10H9F3O2. The van der Waals surface area contributed by atoms with Gasteiger partial charge in [0.05, 0.1) is 5.56 Å². The molecule has 0 heterocycles. The Labute approximate surface area is 84.7 Å². The van der Waals surface area contributed by atoms with Gasteiger partial charge >= 0.3 is 6.18 Å². The number of halogens is 3. The van der Waals surface area contributed by atoms with Gasteiger partial charge in [0, 0.05) is 7.11 Å². The van der Waals surface area contributed by atoms with E-state index < -0.39 is 17.8 Å². The lowest BCUT2D eigenvalue weighted by Crippen LogP contribution is -2.08. The Hall–Kier alpha value is -1.36. The highest BCUT2D eigenvalue weighted by molar-refractivity contribution is 5.60. The highest BCUT2D eigenvalue weighted by atomic mass is 19.4. The van der Waals surface area contributed by atoms with Crippen molar-refractivity contribution in [2.75, 3.05) is 7.11 Å². The maximum Gasteiger partial charge on any atom is 0.416 e. The predicted molar refractivity (Wildman–Crippen MR) is 47.3 cm³/mol. The molecule has 1 rings (SSSR count). The molecule has 0 amide bonds. The Bertz CT molecular complexity index is 347. The predicted octanol–water partition coefficient (Wildman–Crippen LogP) is 2.59. The zero-order valence-electron chi connectivity index (χ0n) is 7.91. The minimum Gasteiger partial charge on any atom is -0.369 e. The average molecular weight is 218 g/mol. The zero-order chi connectivity index (χ0) is 11.5. The number of carbonyl (C=O) groups excluding carboxylic acids is 1. The maximum atomic E-state index is 12.3. The van der Waals surface area contributed by atoms with E-state index in [-0.39, 0.29) is 5.56 Å². The number of rotatable bonds is 3. The number of alkyl halides is 3. The molecule has 0 spiro atoms. The normalized spacial score (nSPS) is 13.6. The van der Waals surface area contributed by atoms with Gasteiger partial charge in [0.25, 0.3) is 0 Å². The molecule has 0 aliphatic carbocycles. The Morgan fingerprint density at radius 3 is 2.53 bits per heavy atom. The first kappa shape index (κ1) is 11.7. The number of ether oxygens (including phenoxy) is 1. The molecule has 0 aromatic heterocycles. The van der Waals surface area contributed by atoms with Crippen LogP contribution in [0.5, 0.6) is 0 Å². The quantitative estimate of drug-likeness (QED) is 0.729. The topological polar surface area (TPSA) is 26.3 Å². The lowest BCUT2D eigenvalue weighted by Gasteiger charge is -2.11. The van der Waals surface area contributed by atoms with Crippen molar-refractivity contribution in [2.24, 2.45) is 0 Å². The van der Waals surface area contributed by atoms with Crippen molar-refractivity contribution in [3.63, 3.8) is 0 Å². The fraction of sp³-hybridized carbons (Fsp3) is 0.300. The minimum atomic E-state index is -4.41. The first-order valence-electron chi connectivity index (χ1n) is 4.14. The van der Waals surface area contributed by atoms with E-state index in [2.05, 4.69) is 0 Å². The van der Waals surface area contributed by atoms with Crippen LogP contribution in [0.15, 0.2) is 24.3 Å². The van der Waals surface area contributed by atoms with Crippen molar-refractivity contribution >= 4 is 6.29 Å². The molecule has 0 saturated heterocycles. The van der Waals surface area contributed by atoms with Gasteiger partial charge < -0.3 is 9.53 Å². The Morgan fingerprint density at radius 2 is 2.07 bits per heavy atom. The van der Waals surface area contributed by atoms with Crippen LogP contribution in [0.3, 0.4) is 0 Å². The fourth-order valence-electron chi connectivity index (χ4n) is 1.16. The third-order valence-corrected chi connectivity index (χ3v) is 1.92. The van der Waals surface area contributed by atoms with Crippen LogP contribution in [0, 0.1) is 0 Å². The summed E-state index contributed by atoms with van der Waals surface area (Å²) < 4.78 is 41.6. The van der Waals surface area contributed by atoms with Crippen molar-refractivity contribution in [3.05, 3.63) is 35.4 Å². The van der Waals surface area contributed by atoms with Gasteiger partial charge in [-0.25, -0.2) is 0 Å². The summed E-state index contributed by atoms with van der Waals surface area (Å²) in [7, 11) is 1.26. The SMILES string of the molecule is COC(C=O)c1cccc(C(F)(F)F)c1. The highest BCUT2D eigenvalue weighted by Crippen LogP contribution is 2.30. The molecule has 1 unspecified atom stereocenters. The van der Waals surface area contributed by atoms with Crippen LogP contribution in [0.1, 0.15) is 17.2 Å². The summed E-state index contributed by atoms with van der Waals surface area (Å²) in [6.07, 6.45) is -4.90. The maximum absolute atomic E-state index is 12.3. The molecule has 0 fully saturated rings. The molecule has 0 aliphatic rings. The molecule has 5 heteroatoms. The van der Waals surface area contributed by atoms with Gasteiger partial charge in [-0.05, 0) is 17.7 Å². The summed E-state index contributed by atoms with van der Waals surface area (Å²) in [4.78, 5) is 10.5. The second-order valence-electron chi connectivity index (χ2n) is 2.92. The van der Waals surface area contributed by atoms with Gasteiger partial charge in [0.2, 0.25) is 0 Å². The molecule has 2 nitrogen and oxygen atoms in total. The van der Waals surface area contributed by atoms with E-state index in [0.29, 0.717) is 6.29 Å². The molecule has 0 bridgehead atoms. The summed E-state index contributed by atoms with van der Waals surface area (Å²) in [5, 5.41) is 0. The lowest BCUT2D eigenvalue weighted by molar-refractivity contribution is -0.137. The third kappa shape index (κ3) is 2.79. The Morgan fingerprint density at radius 1 is 1.40 bits per heavy atom. The molecule has 0 aliphatic heterocycles. The van der Waals surface area contributed by atoms with Crippen LogP contribution in [0.2, 0.25) is 0 Å². The molecular weight excluding hydrogens is 209 g/mol. The van der Waals surface area contributed by atoms with Gasteiger partial charge in [-0.3, -0.25) is 0 Å². The van der Waals surface area contributed by atoms with Crippen molar-refractivity contribution in [1.29, 1.82) is 0 Å². The van der Waals surface area contributed by atoms with Crippen LogP contribution in [0.25, 0.3) is 0 Å². The van der Waals surface area contributed by atoms with E-state index in [1.165, 1.54) is 19.2 Å². The van der Waals surface area contributed by atoms with Crippen molar-refractivity contribution in [3.8, 4) is 0 Å². The Balaban J connectivity index is 3.07. The summed E-state index contributed by atoms with van der Waals surface area (Å²) in [5.74, 6) is 0. The van der Waals surface area contributed by atoms with Gasteiger partial charge in [-0.2, -0.15) is 13.2 Å². The standard InChI is InChI=1S/C10H9F3O2/c1-15-9(6-14)7-3-2-4-8(5-7)10(11,12)13/h2-6,9H,1H3. The van der Waals surface area contributed by atoms with Crippen molar-refractivity contribution in [1.82, 2.24) is 0 Å². The molecule has 82 valence electrons. The smallest absolute Gasteiger partial charge is 0.369 e. The zero-order valence-corrected chi connectivity index (χ0v) is 7.91. The van der Waals surface area contributed by atoms with E-state index in [1.54, 1.807) is 0 Å². The number of methoxy groups -OCH3 is 1. The fourth-order valence-corrected chi connectivity index (χ4v) is 1.16.